The highest BCUT2D eigenvalue weighted by Crippen LogP contribution is 2.64. The Balaban J connectivity index is 1.24. The molecule has 0 saturated heterocycles. The Kier molecular flexibility index (Phi) is 5.43. The number of aryl methyl sites for hydroxylation is 1. The minimum Gasteiger partial charge on any atom is -0.455 e. The second-order valence-electron chi connectivity index (χ2n) is 9.46. The Hall–Kier alpha value is -1.55. The smallest absolute Gasteiger partial charge is 0.312 e. The molecule has 5 heteroatoms. The molecule has 5 rings (SSSR count). The number of ether oxygens (including phenoxy) is 1. The average Bonchev–Trinajstić information content (AvgIpc) is 2.63. The van der Waals surface area contributed by atoms with E-state index in [1.807, 2.05) is 25.1 Å². The maximum atomic E-state index is 12.9. The van der Waals surface area contributed by atoms with Crippen molar-refractivity contribution >= 4 is 23.5 Å². The van der Waals surface area contributed by atoms with Crippen LogP contribution in [0.25, 0.3) is 0 Å². The van der Waals surface area contributed by atoms with Crippen LogP contribution in [0.4, 0.5) is 0 Å². The SMILES string of the molecule is C[C@@H](CCc1ccccc1)NC(=O)COC(=O)C12C[C@@H]3C[C@@H](CC(Cl)(C3)C1)C2. The zero-order valence-electron chi connectivity index (χ0n) is 16.6. The van der Waals surface area contributed by atoms with Gasteiger partial charge in [0.2, 0.25) is 0 Å². The highest BCUT2D eigenvalue weighted by Gasteiger charge is 2.60. The zero-order valence-corrected chi connectivity index (χ0v) is 17.3. The number of benzene rings is 1. The molecule has 1 aromatic carbocycles. The summed E-state index contributed by atoms with van der Waals surface area (Å²) in [5, 5.41) is 2.94. The van der Waals surface area contributed by atoms with Gasteiger partial charge in [0.15, 0.2) is 6.61 Å². The van der Waals surface area contributed by atoms with Crippen molar-refractivity contribution < 1.29 is 14.3 Å². The summed E-state index contributed by atoms with van der Waals surface area (Å²) in [6.07, 6.45) is 7.49. The van der Waals surface area contributed by atoms with E-state index in [4.69, 9.17) is 16.3 Å². The molecule has 5 atom stereocenters. The number of rotatable bonds is 7. The average molecular weight is 404 g/mol. The molecule has 4 aliphatic rings. The molecule has 0 heterocycles. The molecule has 2 unspecified atom stereocenters. The Labute approximate surface area is 172 Å². The van der Waals surface area contributed by atoms with Crippen molar-refractivity contribution in [2.24, 2.45) is 17.3 Å². The van der Waals surface area contributed by atoms with Gasteiger partial charge in [0.1, 0.15) is 0 Å². The predicted molar refractivity (Wildman–Crippen MR) is 109 cm³/mol. The second-order valence-corrected chi connectivity index (χ2v) is 10.3. The fraction of sp³-hybridized carbons (Fsp3) is 0.652. The van der Waals surface area contributed by atoms with Gasteiger partial charge < -0.3 is 10.1 Å². The van der Waals surface area contributed by atoms with Crippen LogP contribution in [0.15, 0.2) is 30.3 Å². The van der Waals surface area contributed by atoms with Gasteiger partial charge in [-0.25, -0.2) is 0 Å². The van der Waals surface area contributed by atoms with Gasteiger partial charge in [-0.1, -0.05) is 30.3 Å². The van der Waals surface area contributed by atoms with Gasteiger partial charge in [-0.3, -0.25) is 9.59 Å². The number of carbonyl (C=O) groups excluding carboxylic acids is 2. The molecular weight excluding hydrogens is 374 g/mol. The summed E-state index contributed by atoms with van der Waals surface area (Å²) in [7, 11) is 0. The zero-order chi connectivity index (χ0) is 19.8. The maximum Gasteiger partial charge on any atom is 0.312 e. The van der Waals surface area contributed by atoms with Crippen LogP contribution in [-0.4, -0.2) is 29.4 Å². The molecule has 0 spiro atoms. The van der Waals surface area contributed by atoms with Gasteiger partial charge in [-0.05, 0) is 75.7 Å². The van der Waals surface area contributed by atoms with Gasteiger partial charge in [0, 0.05) is 10.9 Å². The molecule has 1 amide bonds. The highest BCUT2D eigenvalue weighted by molar-refractivity contribution is 6.24. The number of esters is 1. The Morgan fingerprint density at radius 2 is 1.86 bits per heavy atom. The first-order valence-electron chi connectivity index (χ1n) is 10.6. The lowest BCUT2D eigenvalue weighted by atomic mass is 9.49. The lowest BCUT2D eigenvalue weighted by molar-refractivity contribution is -0.171. The first kappa shape index (κ1) is 19.8. The number of hydrogen-bond donors (Lipinski definition) is 1. The molecule has 4 bridgehead atoms. The number of halogens is 1. The molecule has 4 fully saturated rings. The van der Waals surface area contributed by atoms with Crippen LogP contribution in [-0.2, 0) is 20.7 Å². The van der Waals surface area contributed by atoms with E-state index in [0.717, 1.165) is 38.5 Å². The van der Waals surface area contributed by atoms with E-state index in [1.165, 1.54) is 12.0 Å². The molecule has 0 aromatic heterocycles. The van der Waals surface area contributed by atoms with Crippen molar-refractivity contribution in [3.63, 3.8) is 0 Å². The summed E-state index contributed by atoms with van der Waals surface area (Å²) in [5.41, 5.74) is 0.803. The van der Waals surface area contributed by atoms with Crippen LogP contribution >= 0.6 is 11.6 Å². The standard InChI is InChI=1S/C23H30ClNO3/c1-16(7-8-17-5-3-2-4-6-17)25-20(26)14-28-21(27)22-10-18-9-19(11-22)13-23(24,12-18)15-22/h2-6,16,18-19H,7-15H2,1H3,(H,25,26)/t16-,18-,19+,22?,23?/m0/s1. The molecule has 0 radical (unpaired) electrons. The quantitative estimate of drug-likeness (QED) is 0.547. The number of hydrogen-bond acceptors (Lipinski definition) is 3. The third kappa shape index (κ3) is 4.22. The Morgan fingerprint density at radius 1 is 1.18 bits per heavy atom. The lowest BCUT2D eigenvalue weighted by Gasteiger charge is -2.58. The van der Waals surface area contributed by atoms with Gasteiger partial charge in [-0.2, -0.15) is 0 Å². The maximum absolute atomic E-state index is 12.9. The van der Waals surface area contributed by atoms with Crippen molar-refractivity contribution in [3.8, 4) is 0 Å². The normalized spacial score (nSPS) is 34.1. The fourth-order valence-corrected chi connectivity index (χ4v) is 6.78. The number of amides is 1. The summed E-state index contributed by atoms with van der Waals surface area (Å²) >= 11 is 6.79. The number of nitrogens with one attached hydrogen (secondary N) is 1. The van der Waals surface area contributed by atoms with E-state index in [0.29, 0.717) is 18.3 Å². The third-order valence-electron chi connectivity index (χ3n) is 6.87. The van der Waals surface area contributed by atoms with Crippen molar-refractivity contribution in [2.45, 2.75) is 69.2 Å². The van der Waals surface area contributed by atoms with Gasteiger partial charge in [0.25, 0.3) is 5.91 Å². The van der Waals surface area contributed by atoms with Crippen molar-refractivity contribution in [1.82, 2.24) is 5.32 Å². The van der Waals surface area contributed by atoms with Crippen LogP contribution < -0.4 is 5.32 Å². The van der Waals surface area contributed by atoms with Crippen LogP contribution in [0.3, 0.4) is 0 Å². The van der Waals surface area contributed by atoms with E-state index in [1.54, 1.807) is 0 Å². The first-order valence-corrected chi connectivity index (χ1v) is 10.9. The van der Waals surface area contributed by atoms with E-state index in [2.05, 4.69) is 17.4 Å². The molecule has 4 aliphatic carbocycles. The monoisotopic (exact) mass is 403 g/mol. The van der Waals surface area contributed by atoms with Gasteiger partial charge >= 0.3 is 5.97 Å². The van der Waals surface area contributed by atoms with Crippen molar-refractivity contribution in [3.05, 3.63) is 35.9 Å². The second kappa shape index (κ2) is 7.70. The fourth-order valence-electron chi connectivity index (χ4n) is 6.09. The van der Waals surface area contributed by atoms with Crippen LogP contribution in [0.2, 0.25) is 0 Å². The highest BCUT2D eigenvalue weighted by atomic mass is 35.5. The van der Waals surface area contributed by atoms with Crippen LogP contribution in [0, 0.1) is 17.3 Å². The third-order valence-corrected chi connectivity index (χ3v) is 7.32. The van der Waals surface area contributed by atoms with Crippen molar-refractivity contribution in [1.29, 1.82) is 0 Å². The van der Waals surface area contributed by atoms with E-state index in [9.17, 15) is 9.59 Å². The Bertz CT molecular complexity index is 721. The molecule has 0 aliphatic heterocycles. The van der Waals surface area contributed by atoms with Crippen LogP contribution in [0.1, 0.15) is 57.4 Å². The molecule has 4 saturated carbocycles. The molecular formula is C23H30ClNO3. The minimum atomic E-state index is -0.453. The molecule has 1 N–H and O–H groups in total. The van der Waals surface area contributed by atoms with E-state index >= 15 is 0 Å². The summed E-state index contributed by atoms with van der Waals surface area (Å²) < 4.78 is 5.49. The topological polar surface area (TPSA) is 55.4 Å². The molecule has 1 aromatic rings. The van der Waals surface area contributed by atoms with Crippen LogP contribution in [0.5, 0.6) is 0 Å². The largest absolute Gasteiger partial charge is 0.455 e. The summed E-state index contributed by atoms with van der Waals surface area (Å²) in [5.74, 6) is 0.647. The van der Waals surface area contributed by atoms with E-state index < -0.39 is 5.41 Å². The molecule has 152 valence electrons. The predicted octanol–water partition coefficient (Wildman–Crippen LogP) is 4.24. The lowest BCUT2D eigenvalue weighted by Crippen LogP contribution is -2.56. The minimum absolute atomic E-state index is 0.0390. The first-order chi connectivity index (χ1) is 13.4. The van der Waals surface area contributed by atoms with E-state index in [-0.39, 0.29) is 29.4 Å². The van der Waals surface area contributed by atoms with Gasteiger partial charge in [0.05, 0.1) is 5.41 Å². The summed E-state index contributed by atoms with van der Waals surface area (Å²) in [4.78, 5) is 24.9. The number of alkyl halides is 1. The summed E-state index contributed by atoms with van der Waals surface area (Å²) in [6.45, 7) is 1.79. The number of carbonyl (C=O) groups is 2. The molecule has 4 nitrogen and oxygen atoms in total. The van der Waals surface area contributed by atoms with Gasteiger partial charge in [-0.15, -0.1) is 11.6 Å². The Morgan fingerprint density at radius 3 is 2.50 bits per heavy atom. The van der Waals surface area contributed by atoms with Crippen molar-refractivity contribution in [2.75, 3.05) is 6.61 Å². The summed E-state index contributed by atoms with van der Waals surface area (Å²) in [6, 6.07) is 10.3. The molecule has 28 heavy (non-hydrogen) atoms.